The number of amides is 1. The Morgan fingerprint density at radius 3 is 2.71 bits per heavy atom. The molecule has 1 atom stereocenters. The van der Waals surface area contributed by atoms with Crippen molar-refractivity contribution >= 4 is 28.5 Å². The number of carbonyl (C=O) groups is 1. The van der Waals surface area contributed by atoms with Crippen LogP contribution in [0.25, 0.3) is 0 Å². The second-order valence-electron chi connectivity index (χ2n) is 5.86. The van der Waals surface area contributed by atoms with E-state index in [1.54, 1.807) is 0 Å². The minimum atomic E-state index is 0.172. The molecule has 1 N–H and O–H groups in total. The molecule has 1 rings (SSSR count). The molecule has 0 heterocycles. The maximum absolute atomic E-state index is 11.9. The van der Waals surface area contributed by atoms with Crippen LogP contribution < -0.4 is 5.32 Å². The Balaban J connectivity index is 2.22. The normalized spacial score (nSPS) is 11.8. The van der Waals surface area contributed by atoms with Crippen LogP contribution in [0.5, 0.6) is 0 Å². The summed E-state index contributed by atoms with van der Waals surface area (Å²) in [5.41, 5.74) is 2.65. The van der Waals surface area contributed by atoms with Gasteiger partial charge in [0.2, 0.25) is 5.91 Å². The van der Waals surface area contributed by atoms with Crippen molar-refractivity contribution in [3.63, 3.8) is 0 Å². The molecule has 2 nitrogen and oxygen atoms in total. The third kappa shape index (κ3) is 8.24. The topological polar surface area (TPSA) is 29.1 Å². The second-order valence-corrected chi connectivity index (χ2v) is 7.02. The lowest BCUT2D eigenvalue weighted by atomic mass is 10.0. The maximum Gasteiger partial charge on any atom is 0.220 e. The highest BCUT2D eigenvalue weighted by Gasteiger charge is 2.08. The molecule has 3 heteroatoms. The van der Waals surface area contributed by atoms with Crippen LogP contribution in [0, 0.1) is 9.49 Å². The van der Waals surface area contributed by atoms with Gasteiger partial charge in [0, 0.05) is 16.5 Å². The monoisotopic (exact) mass is 399 g/mol. The Morgan fingerprint density at radius 1 is 1.33 bits per heavy atom. The highest BCUT2D eigenvalue weighted by Crippen LogP contribution is 2.13. The summed E-state index contributed by atoms with van der Waals surface area (Å²) in [5, 5.41) is 3.03. The van der Waals surface area contributed by atoms with E-state index in [1.165, 1.54) is 14.7 Å². The number of hydrogen-bond acceptors (Lipinski definition) is 1. The largest absolute Gasteiger partial charge is 0.356 e. The smallest absolute Gasteiger partial charge is 0.220 e. The molecular formula is C18H26INO. The van der Waals surface area contributed by atoms with Crippen LogP contribution in [0.3, 0.4) is 0 Å². The summed E-state index contributed by atoms with van der Waals surface area (Å²) < 4.78 is 1.26. The fourth-order valence-corrected chi connectivity index (χ4v) is 2.84. The molecule has 1 amide bonds. The molecule has 0 aromatic heterocycles. The standard InChI is InChI=1S/C18H26INO/c1-14(2)7-6-8-15(3)13-18(21)20-12-11-16-9-4-5-10-17(16)19/h4-5,7,9-10,15H,6,8,11-13H2,1-3H3,(H,20,21). The number of benzene rings is 1. The van der Waals surface area contributed by atoms with Gasteiger partial charge in [0.05, 0.1) is 0 Å². The molecule has 0 fully saturated rings. The molecule has 0 aliphatic heterocycles. The summed E-state index contributed by atoms with van der Waals surface area (Å²) in [6, 6.07) is 8.31. The average Bonchev–Trinajstić information content (AvgIpc) is 2.40. The predicted octanol–water partition coefficient (Wildman–Crippen LogP) is 4.72. The molecule has 0 radical (unpaired) electrons. The van der Waals surface area contributed by atoms with Gasteiger partial charge < -0.3 is 5.32 Å². The van der Waals surface area contributed by atoms with Crippen LogP contribution >= 0.6 is 22.6 Å². The molecule has 0 aliphatic carbocycles. The van der Waals surface area contributed by atoms with Gasteiger partial charge in [-0.15, -0.1) is 0 Å². The minimum absolute atomic E-state index is 0.172. The summed E-state index contributed by atoms with van der Waals surface area (Å²) in [4.78, 5) is 11.9. The summed E-state index contributed by atoms with van der Waals surface area (Å²) in [6.45, 7) is 7.10. The third-order valence-electron chi connectivity index (χ3n) is 3.42. The first-order valence-corrected chi connectivity index (χ1v) is 8.70. The Bertz CT molecular complexity index is 478. The van der Waals surface area contributed by atoms with Crippen LogP contribution in [0.2, 0.25) is 0 Å². The minimum Gasteiger partial charge on any atom is -0.356 e. The van der Waals surface area contributed by atoms with Gasteiger partial charge in [-0.3, -0.25) is 4.79 Å². The van der Waals surface area contributed by atoms with Crippen molar-refractivity contribution in [2.75, 3.05) is 6.54 Å². The Morgan fingerprint density at radius 2 is 2.05 bits per heavy atom. The van der Waals surface area contributed by atoms with E-state index < -0.39 is 0 Å². The van der Waals surface area contributed by atoms with Gasteiger partial charge in [-0.05, 0) is 73.2 Å². The zero-order valence-corrected chi connectivity index (χ0v) is 15.4. The van der Waals surface area contributed by atoms with Crippen LogP contribution in [-0.2, 0) is 11.2 Å². The predicted molar refractivity (Wildman–Crippen MR) is 98.3 cm³/mol. The highest BCUT2D eigenvalue weighted by molar-refractivity contribution is 14.1. The number of carbonyl (C=O) groups excluding carboxylic acids is 1. The fourth-order valence-electron chi connectivity index (χ4n) is 2.18. The van der Waals surface area contributed by atoms with Gasteiger partial charge in [-0.25, -0.2) is 0 Å². The number of hydrogen-bond donors (Lipinski definition) is 1. The van der Waals surface area contributed by atoms with Gasteiger partial charge >= 0.3 is 0 Å². The van der Waals surface area contributed by atoms with E-state index in [0.717, 1.165) is 25.8 Å². The number of rotatable bonds is 8. The molecule has 0 spiro atoms. The Labute approximate surface area is 142 Å². The van der Waals surface area contributed by atoms with Crippen molar-refractivity contribution in [2.24, 2.45) is 5.92 Å². The van der Waals surface area contributed by atoms with Gasteiger partial charge in [0.1, 0.15) is 0 Å². The number of halogens is 1. The van der Waals surface area contributed by atoms with E-state index >= 15 is 0 Å². The lowest BCUT2D eigenvalue weighted by Gasteiger charge is -2.11. The van der Waals surface area contributed by atoms with E-state index in [2.05, 4.69) is 66.9 Å². The molecule has 1 aromatic carbocycles. The number of allylic oxidation sites excluding steroid dienone is 2. The van der Waals surface area contributed by atoms with E-state index in [0.29, 0.717) is 12.3 Å². The van der Waals surface area contributed by atoms with Gasteiger partial charge in [-0.1, -0.05) is 36.8 Å². The zero-order chi connectivity index (χ0) is 15.7. The SMILES string of the molecule is CC(C)=CCCC(C)CC(=O)NCCc1ccccc1I. The van der Waals surface area contributed by atoms with Crippen LogP contribution in [0.1, 0.15) is 45.6 Å². The maximum atomic E-state index is 11.9. The fraction of sp³-hybridized carbons (Fsp3) is 0.500. The molecule has 0 saturated heterocycles. The lowest BCUT2D eigenvalue weighted by Crippen LogP contribution is -2.27. The van der Waals surface area contributed by atoms with Gasteiger partial charge in [-0.2, -0.15) is 0 Å². The molecule has 0 saturated carbocycles. The third-order valence-corrected chi connectivity index (χ3v) is 4.47. The molecule has 1 aromatic rings. The van der Waals surface area contributed by atoms with E-state index in [9.17, 15) is 4.79 Å². The zero-order valence-electron chi connectivity index (χ0n) is 13.3. The average molecular weight is 399 g/mol. The van der Waals surface area contributed by atoms with E-state index in [4.69, 9.17) is 0 Å². The van der Waals surface area contributed by atoms with Crippen molar-refractivity contribution in [1.29, 1.82) is 0 Å². The molecule has 1 unspecified atom stereocenters. The van der Waals surface area contributed by atoms with Crippen molar-refractivity contribution in [1.82, 2.24) is 5.32 Å². The quantitative estimate of drug-likeness (QED) is 0.497. The van der Waals surface area contributed by atoms with Crippen molar-refractivity contribution in [3.8, 4) is 0 Å². The molecule has 0 bridgehead atoms. The summed E-state index contributed by atoms with van der Waals surface area (Å²) in [7, 11) is 0. The molecule has 21 heavy (non-hydrogen) atoms. The van der Waals surface area contributed by atoms with E-state index in [1.807, 2.05) is 12.1 Å². The molecule has 116 valence electrons. The Hall–Kier alpha value is -0.840. The van der Waals surface area contributed by atoms with Crippen LogP contribution in [0.15, 0.2) is 35.9 Å². The number of nitrogens with one attached hydrogen (secondary N) is 1. The van der Waals surface area contributed by atoms with Gasteiger partial charge in [0.15, 0.2) is 0 Å². The van der Waals surface area contributed by atoms with Crippen molar-refractivity contribution < 1.29 is 4.79 Å². The summed E-state index contributed by atoms with van der Waals surface area (Å²) in [5.74, 6) is 0.614. The van der Waals surface area contributed by atoms with Crippen LogP contribution in [-0.4, -0.2) is 12.5 Å². The van der Waals surface area contributed by atoms with E-state index in [-0.39, 0.29) is 5.91 Å². The molecule has 0 aliphatic rings. The first-order chi connectivity index (χ1) is 9.99. The van der Waals surface area contributed by atoms with Crippen LogP contribution in [0.4, 0.5) is 0 Å². The van der Waals surface area contributed by atoms with Crippen molar-refractivity contribution in [3.05, 3.63) is 45.0 Å². The first-order valence-electron chi connectivity index (χ1n) is 7.62. The summed E-state index contributed by atoms with van der Waals surface area (Å²) >= 11 is 2.34. The van der Waals surface area contributed by atoms with Crippen molar-refractivity contribution in [2.45, 2.75) is 46.5 Å². The lowest BCUT2D eigenvalue weighted by molar-refractivity contribution is -0.121. The van der Waals surface area contributed by atoms with Gasteiger partial charge in [0.25, 0.3) is 0 Å². The Kier molecular flexibility index (Phi) is 8.66. The second kappa shape index (κ2) is 9.98. The molecular weight excluding hydrogens is 373 g/mol. The highest BCUT2D eigenvalue weighted by atomic mass is 127. The first kappa shape index (κ1) is 18.2. The summed E-state index contributed by atoms with van der Waals surface area (Å²) in [6.07, 6.45) is 5.92.